The van der Waals surface area contributed by atoms with Crippen LogP contribution in [0.15, 0.2) is 12.3 Å². The number of carbonyl (C=O) groups is 2. The lowest BCUT2D eigenvalue weighted by molar-refractivity contribution is -0.143. The van der Waals surface area contributed by atoms with Crippen molar-refractivity contribution in [2.45, 2.75) is 44.6 Å². The van der Waals surface area contributed by atoms with Crippen molar-refractivity contribution >= 4 is 11.8 Å². The predicted octanol–water partition coefficient (Wildman–Crippen LogP) is 1.08. The van der Waals surface area contributed by atoms with Crippen molar-refractivity contribution in [1.82, 2.24) is 20.4 Å². The molecule has 24 heavy (non-hydrogen) atoms. The Hall–Kier alpha value is -2.02. The van der Waals surface area contributed by atoms with Crippen LogP contribution in [0.5, 0.6) is 0 Å². The molecule has 1 aromatic heterocycles. The minimum atomic E-state index is -0.803. The summed E-state index contributed by atoms with van der Waals surface area (Å²) in [5.41, 5.74) is 0.243. The van der Waals surface area contributed by atoms with Crippen molar-refractivity contribution in [3.63, 3.8) is 0 Å². The van der Waals surface area contributed by atoms with E-state index in [1.54, 1.807) is 13.0 Å². The van der Waals surface area contributed by atoms with Crippen LogP contribution in [0.25, 0.3) is 0 Å². The Morgan fingerprint density at radius 2 is 1.92 bits per heavy atom. The lowest BCUT2D eigenvalue weighted by atomic mass is 9.80. The van der Waals surface area contributed by atoms with E-state index < -0.39 is 5.54 Å². The van der Waals surface area contributed by atoms with Gasteiger partial charge in [0, 0.05) is 13.1 Å². The third kappa shape index (κ3) is 3.40. The molecule has 1 aliphatic carbocycles. The zero-order chi connectivity index (χ0) is 17.0. The monoisotopic (exact) mass is 332 g/mol. The van der Waals surface area contributed by atoms with E-state index in [0.717, 1.165) is 19.3 Å². The molecule has 2 fully saturated rings. The Balaban J connectivity index is 1.81. The summed E-state index contributed by atoms with van der Waals surface area (Å²) in [5.74, 6) is -0.218. The average molecular weight is 332 g/mol. The molecule has 0 spiro atoms. The summed E-state index contributed by atoms with van der Waals surface area (Å²) in [7, 11) is 0. The predicted molar refractivity (Wildman–Crippen MR) is 87.5 cm³/mol. The molecule has 2 heterocycles. The average Bonchev–Trinajstić information content (AvgIpc) is 2.63. The highest BCUT2D eigenvalue weighted by Gasteiger charge is 2.43. The number of nitrogens with one attached hydrogen (secondary N) is 1. The van der Waals surface area contributed by atoms with Gasteiger partial charge in [-0.1, -0.05) is 19.3 Å². The first-order valence-electron chi connectivity index (χ1n) is 8.60. The highest BCUT2D eigenvalue weighted by molar-refractivity contribution is 5.99. The van der Waals surface area contributed by atoms with Gasteiger partial charge in [-0.15, -0.1) is 0 Å². The van der Waals surface area contributed by atoms with Crippen molar-refractivity contribution in [1.29, 1.82) is 0 Å². The third-order valence-corrected chi connectivity index (χ3v) is 4.92. The maximum Gasteiger partial charge on any atom is 0.254 e. The number of hydrogen-bond donors (Lipinski definition) is 1. The number of carbonyl (C=O) groups excluding carboxylic acids is 2. The van der Waals surface area contributed by atoms with E-state index in [0.29, 0.717) is 50.4 Å². The Bertz CT molecular complexity index is 608. The summed E-state index contributed by atoms with van der Waals surface area (Å²) in [6.07, 6.45) is 5.87. The molecule has 0 bridgehead atoms. The molecule has 0 aromatic carbocycles. The molecule has 1 saturated heterocycles. The number of aromatic nitrogens is 2. The summed E-state index contributed by atoms with van der Waals surface area (Å²) in [5, 5.41) is 10.8. The fraction of sp³-hybridized carbons (Fsp3) is 0.647. The standard InChI is InChI=1S/C17H24N4O3/c1-13-14(5-8-18-20-13)15(22)19-17(6-3-2-4-7-17)16(23)21-9-11-24-12-10-21/h5,8H,2-4,6-7,9-12H2,1H3,(H,19,22). The minimum absolute atomic E-state index is 0.0264. The van der Waals surface area contributed by atoms with Gasteiger partial charge in [0.1, 0.15) is 5.54 Å². The quantitative estimate of drug-likeness (QED) is 0.895. The van der Waals surface area contributed by atoms with Crippen molar-refractivity contribution in [3.05, 3.63) is 23.5 Å². The topological polar surface area (TPSA) is 84.4 Å². The molecule has 2 aliphatic rings. The summed E-state index contributed by atoms with van der Waals surface area (Å²) in [4.78, 5) is 27.7. The van der Waals surface area contributed by atoms with E-state index in [-0.39, 0.29) is 11.8 Å². The van der Waals surface area contributed by atoms with Gasteiger partial charge in [0.2, 0.25) is 5.91 Å². The van der Waals surface area contributed by atoms with E-state index in [1.165, 1.54) is 6.20 Å². The Morgan fingerprint density at radius 3 is 2.58 bits per heavy atom. The largest absolute Gasteiger partial charge is 0.378 e. The van der Waals surface area contributed by atoms with Crippen LogP contribution >= 0.6 is 0 Å². The van der Waals surface area contributed by atoms with Crippen molar-refractivity contribution in [2.24, 2.45) is 0 Å². The molecule has 1 aliphatic heterocycles. The van der Waals surface area contributed by atoms with E-state index >= 15 is 0 Å². The lowest BCUT2D eigenvalue weighted by Gasteiger charge is -2.41. The summed E-state index contributed by atoms with van der Waals surface area (Å²) >= 11 is 0. The van der Waals surface area contributed by atoms with Gasteiger partial charge in [-0.3, -0.25) is 9.59 Å². The molecule has 0 atom stereocenters. The number of amides is 2. The number of rotatable bonds is 3. The van der Waals surface area contributed by atoms with E-state index in [1.807, 2.05) is 4.90 Å². The Kier molecular flexibility index (Phi) is 5.08. The van der Waals surface area contributed by atoms with Gasteiger partial charge in [-0.2, -0.15) is 10.2 Å². The second kappa shape index (κ2) is 7.25. The molecule has 1 aromatic rings. The third-order valence-electron chi connectivity index (χ3n) is 4.92. The maximum absolute atomic E-state index is 13.2. The van der Waals surface area contributed by atoms with Gasteiger partial charge in [-0.25, -0.2) is 0 Å². The Labute approximate surface area is 141 Å². The molecular formula is C17H24N4O3. The molecule has 130 valence electrons. The number of ether oxygens (including phenoxy) is 1. The van der Waals surface area contributed by atoms with Crippen molar-refractivity contribution in [3.8, 4) is 0 Å². The summed E-state index contributed by atoms with van der Waals surface area (Å²) in [6.45, 7) is 4.05. The minimum Gasteiger partial charge on any atom is -0.378 e. The summed E-state index contributed by atoms with van der Waals surface area (Å²) < 4.78 is 5.34. The Morgan fingerprint density at radius 1 is 1.21 bits per heavy atom. The highest BCUT2D eigenvalue weighted by Crippen LogP contribution is 2.31. The lowest BCUT2D eigenvalue weighted by Crippen LogP contribution is -2.62. The van der Waals surface area contributed by atoms with Gasteiger partial charge < -0.3 is 15.0 Å². The molecule has 1 saturated carbocycles. The maximum atomic E-state index is 13.2. The van der Waals surface area contributed by atoms with Gasteiger partial charge in [0.25, 0.3) is 5.91 Å². The van der Waals surface area contributed by atoms with Crippen LogP contribution in [0.3, 0.4) is 0 Å². The first kappa shape index (κ1) is 16.8. The zero-order valence-electron chi connectivity index (χ0n) is 14.1. The fourth-order valence-corrected chi connectivity index (χ4v) is 3.54. The second-order valence-corrected chi connectivity index (χ2v) is 6.53. The van der Waals surface area contributed by atoms with E-state index in [2.05, 4.69) is 15.5 Å². The van der Waals surface area contributed by atoms with Crippen molar-refractivity contribution in [2.75, 3.05) is 26.3 Å². The molecule has 0 radical (unpaired) electrons. The second-order valence-electron chi connectivity index (χ2n) is 6.53. The number of nitrogens with zero attached hydrogens (tertiary/aromatic N) is 3. The van der Waals surface area contributed by atoms with E-state index in [9.17, 15) is 9.59 Å². The molecule has 1 N–H and O–H groups in total. The highest BCUT2D eigenvalue weighted by atomic mass is 16.5. The van der Waals surface area contributed by atoms with Crippen molar-refractivity contribution < 1.29 is 14.3 Å². The van der Waals surface area contributed by atoms with Crippen LogP contribution in [0.1, 0.15) is 48.2 Å². The first-order valence-corrected chi connectivity index (χ1v) is 8.60. The molecule has 2 amide bonds. The van der Waals surface area contributed by atoms with E-state index in [4.69, 9.17) is 4.74 Å². The number of morpholine rings is 1. The summed E-state index contributed by atoms with van der Waals surface area (Å²) in [6, 6.07) is 1.65. The smallest absolute Gasteiger partial charge is 0.254 e. The van der Waals surface area contributed by atoms with Crippen LogP contribution in [0.2, 0.25) is 0 Å². The molecule has 0 unspecified atom stereocenters. The molecular weight excluding hydrogens is 308 g/mol. The number of hydrogen-bond acceptors (Lipinski definition) is 5. The molecule has 3 rings (SSSR count). The molecule has 7 nitrogen and oxygen atoms in total. The fourth-order valence-electron chi connectivity index (χ4n) is 3.54. The van der Waals surface area contributed by atoms with Gasteiger partial charge in [0.05, 0.1) is 30.7 Å². The van der Waals surface area contributed by atoms with Crippen LogP contribution in [-0.2, 0) is 9.53 Å². The first-order chi connectivity index (χ1) is 11.6. The van der Waals surface area contributed by atoms with Gasteiger partial charge in [-0.05, 0) is 25.8 Å². The zero-order valence-corrected chi connectivity index (χ0v) is 14.1. The van der Waals surface area contributed by atoms with Crippen LogP contribution in [-0.4, -0.2) is 58.8 Å². The number of aryl methyl sites for hydroxylation is 1. The van der Waals surface area contributed by atoms with Gasteiger partial charge in [0.15, 0.2) is 0 Å². The van der Waals surface area contributed by atoms with Gasteiger partial charge >= 0.3 is 0 Å². The SMILES string of the molecule is Cc1nnccc1C(=O)NC1(C(=O)N2CCOCC2)CCCCC1. The van der Waals surface area contributed by atoms with Crippen LogP contribution < -0.4 is 5.32 Å². The molecule has 7 heteroatoms. The van der Waals surface area contributed by atoms with Crippen LogP contribution in [0, 0.1) is 6.92 Å². The normalized spacial score (nSPS) is 20.5. The van der Waals surface area contributed by atoms with Crippen LogP contribution in [0.4, 0.5) is 0 Å².